The van der Waals surface area contributed by atoms with Gasteiger partial charge in [-0.05, 0) is 30.9 Å². The lowest BCUT2D eigenvalue weighted by Gasteiger charge is -2.17. The number of thioether (sulfide) groups is 1. The highest BCUT2D eigenvalue weighted by Crippen LogP contribution is 2.28. The highest BCUT2D eigenvalue weighted by atomic mass is 32.2. The number of aromatic nitrogens is 3. The van der Waals surface area contributed by atoms with Crippen LogP contribution in [0, 0.1) is 5.92 Å². The lowest BCUT2D eigenvalue weighted by molar-refractivity contribution is 0.385. The average Bonchev–Trinajstić information content (AvgIpc) is 2.86. The van der Waals surface area contributed by atoms with E-state index in [1.807, 2.05) is 0 Å². The highest BCUT2D eigenvalue weighted by Gasteiger charge is 2.22. The van der Waals surface area contributed by atoms with E-state index in [-0.39, 0.29) is 0 Å². The maximum Gasteiger partial charge on any atom is 0.152 e. The van der Waals surface area contributed by atoms with Crippen LogP contribution in [0.2, 0.25) is 0 Å². The van der Waals surface area contributed by atoms with Crippen LogP contribution >= 0.6 is 11.8 Å². The van der Waals surface area contributed by atoms with Gasteiger partial charge in [-0.1, -0.05) is 6.92 Å². The van der Waals surface area contributed by atoms with E-state index in [1.165, 1.54) is 30.8 Å². The Morgan fingerprint density at radius 3 is 3.19 bits per heavy atom. The van der Waals surface area contributed by atoms with Crippen LogP contribution in [0.3, 0.4) is 0 Å². The van der Waals surface area contributed by atoms with Crippen LogP contribution in [0.4, 0.5) is 0 Å². The number of aryl methyl sites for hydroxylation is 1. The fraction of sp³-hybridized carbons (Fsp3) is 0.833. The van der Waals surface area contributed by atoms with Gasteiger partial charge < -0.3 is 0 Å². The standard InChI is InChI=1S/C12H19N3S/c1-9-4-5-15-12(7-9)13-11(14-15)8-10-3-2-6-16-10/h9-10H,2-8H2,1H3. The summed E-state index contributed by atoms with van der Waals surface area (Å²) in [6.45, 7) is 3.38. The Balaban J connectivity index is 1.71. The molecule has 1 aromatic heterocycles. The van der Waals surface area contributed by atoms with E-state index in [2.05, 4.69) is 28.5 Å². The molecule has 2 aliphatic heterocycles. The molecule has 0 bridgehead atoms. The first-order valence-electron chi connectivity index (χ1n) is 6.35. The summed E-state index contributed by atoms with van der Waals surface area (Å²) in [5, 5.41) is 5.42. The molecule has 0 amide bonds. The lowest BCUT2D eigenvalue weighted by atomic mass is 10.0. The largest absolute Gasteiger partial charge is 0.250 e. The van der Waals surface area contributed by atoms with Crippen LogP contribution < -0.4 is 0 Å². The van der Waals surface area contributed by atoms with E-state index in [1.54, 1.807) is 0 Å². The van der Waals surface area contributed by atoms with E-state index in [9.17, 15) is 0 Å². The fourth-order valence-electron chi connectivity index (χ4n) is 2.61. The summed E-state index contributed by atoms with van der Waals surface area (Å²) in [6.07, 6.45) is 6.18. The van der Waals surface area contributed by atoms with Crippen molar-refractivity contribution in [1.29, 1.82) is 0 Å². The van der Waals surface area contributed by atoms with Gasteiger partial charge in [-0.15, -0.1) is 0 Å². The third-order valence-corrected chi connectivity index (χ3v) is 4.99. The van der Waals surface area contributed by atoms with Crippen molar-refractivity contribution in [3.8, 4) is 0 Å². The Labute approximate surface area is 101 Å². The highest BCUT2D eigenvalue weighted by molar-refractivity contribution is 8.00. The van der Waals surface area contributed by atoms with Crippen LogP contribution in [0.25, 0.3) is 0 Å². The lowest BCUT2D eigenvalue weighted by Crippen LogP contribution is -2.18. The summed E-state index contributed by atoms with van der Waals surface area (Å²) >= 11 is 2.09. The molecule has 0 saturated carbocycles. The first-order chi connectivity index (χ1) is 7.81. The third kappa shape index (κ3) is 2.12. The fourth-order valence-corrected chi connectivity index (χ4v) is 3.87. The zero-order valence-electron chi connectivity index (χ0n) is 9.85. The molecule has 3 nitrogen and oxygen atoms in total. The zero-order chi connectivity index (χ0) is 11.0. The molecule has 4 heteroatoms. The predicted molar refractivity (Wildman–Crippen MR) is 66.7 cm³/mol. The molecule has 2 atom stereocenters. The number of hydrogen-bond acceptors (Lipinski definition) is 3. The summed E-state index contributed by atoms with van der Waals surface area (Å²) in [5.41, 5.74) is 0. The molecule has 0 radical (unpaired) electrons. The molecule has 3 heterocycles. The van der Waals surface area contributed by atoms with Crippen LogP contribution in [0.1, 0.15) is 37.8 Å². The van der Waals surface area contributed by atoms with E-state index < -0.39 is 0 Å². The first kappa shape index (κ1) is 10.6. The van der Waals surface area contributed by atoms with E-state index in [0.29, 0.717) is 0 Å². The minimum Gasteiger partial charge on any atom is -0.250 e. The van der Waals surface area contributed by atoms with E-state index >= 15 is 0 Å². The van der Waals surface area contributed by atoms with Crippen molar-refractivity contribution in [2.24, 2.45) is 5.92 Å². The molecular weight excluding hydrogens is 218 g/mol. The van der Waals surface area contributed by atoms with E-state index in [0.717, 1.165) is 36.4 Å². The number of fused-ring (bicyclic) bond motifs is 1. The Morgan fingerprint density at radius 1 is 1.44 bits per heavy atom. The van der Waals surface area contributed by atoms with Gasteiger partial charge in [0, 0.05) is 24.6 Å². The Hall–Kier alpha value is -0.510. The Morgan fingerprint density at radius 2 is 2.38 bits per heavy atom. The maximum atomic E-state index is 4.70. The van der Waals surface area contributed by atoms with Crippen molar-refractivity contribution in [3.63, 3.8) is 0 Å². The van der Waals surface area contributed by atoms with Gasteiger partial charge in [-0.3, -0.25) is 0 Å². The molecule has 3 rings (SSSR count). The van der Waals surface area contributed by atoms with Crippen molar-refractivity contribution < 1.29 is 0 Å². The molecular formula is C12H19N3S. The van der Waals surface area contributed by atoms with Crippen molar-refractivity contribution >= 4 is 11.8 Å². The van der Waals surface area contributed by atoms with Crippen molar-refractivity contribution in [3.05, 3.63) is 11.6 Å². The van der Waals surface area contributed by atoms with Gasteiger partial charge in [0.15, 0.2) is 5.82 Å². The summed E-state index contributed by atoms with van der Waals surface area (Å²) in [7, 11) is 0. The van der Waals surface area contributed by atoms with Crippen molar-refractivity contribution in [2.45, 2.75) is 50.8 Å². The summed E-state index contributed by atoms with van der Waals surface area (Å²) in [5.74, 6) is 4.42. The van der Waals surface area contributed by atoms with Gasteiger partial charge in [0.05, 0.1) is 0 Å². The van der Waals surface area contributed by atoms with Gasteiger partial charge in [-0.2, -0.15) is 16.9 Å². The number of rotatable bonds is 2. The molecule has 2 aliphatic rings. The second kappa shape index (κ2) is 4.40. The predicted octanol–water partition coefficient (Wildman–Crippen LogP) is 2.30. The number of hydrogen-bond donors (Lipinski definition) is 0. The van der Waals surface area contributed by atoms with Gasteiger partial charge in [-0.25, -0.2) is 9.67 Å². The van der Waals surface area contributed by atoms with Crippen LogP contribution in [0.15, 0.2) is 0 Å². The molecule has 16 heavy (non-hydrogen) atoms. The van der Waals surface area contributed by atoms with Gasteiger partial charge in [0.2, 0.25) is 0 Å². The normalized spacial score (nSPS) is 29.3. The summed E-state index contributed by atoms with van der Waals surface area (Å²) in [4.78, 5) is 4.70. The van der Waals surface area contributed by atoms with Crippen molar-refractivity contribution in [1.82, 2.24) is 14.8 Å². The van der Waals surface area contributed by atoms with Crippen molar-refractivity contribution in [2.75, 3.05) is 5.75 Å². The van der Waals surface area contributed by atoms with Crippen LogP contribution in [-0.2, 0) is 19.4 Å². The maximum absolute atomic E-state index is 4.70. The molecule has 0 aliphatic carbocycles. The first-order valence-corrected chi connectivity index (χ1v) is 7.40. The zero-order valence-corrected chi connectivity index (χ0v) is 10.7. The van der Waals surface area contributed by atoms with E-state index in [4.69, 9.17) is 4.98 Å². The minimum absolute atomic E-state index is 0.780. The number of nitrogens with zero attached hydrogens (tertiary/aromatic N) is 3. The molecule has 1 aromatic rings. The van der Waals surface area contributed by atoms with Gasteiger partial charge in [0.1, 0.15) is 5.82 Å². The summed E-state index contributed by atoms with van der Waals surface area (Å²) in [6, 6.07) is 0. The molecule has 0 spiro atoms. The molecule has 0 aromatic carbocycles. The second-order valence-corrected chi connectivity index (χ2v) is 6.51. The molecule has 0 N–H and O–H groups in total. The Bertz CT molecular complexity index is 368. The molecule has 1 fully saturated rings. The second-order valence-electron chi connectivity index (χ2n) is 5.10. The smallest absolute Gasteiger partial charge is 0.152 e. The van der Waals surface area contributed by atoms with Crippen LogP contribution in [-0.4, -0.2) is 25.8 Å². The molecule has 88 valence electrons. The SMILES string of the molecule is CC1CCn2nc(CC3CCCS3)nc2C1. The molecule has 2 unspecified atom stereocenters. The Kier molecular flexibility index (Phi) is 2.92. The topological polar surface area (TPSA) is 30.7 Å². The quantitative estimate of drug-likeness (QED) is 0.791. The van der Waals surface area contributed by atoms with Gasteiger partial charge in [0.25, 0.3) is 0 Å². The minimum atomic E-state index is 0.780. The monoisotopic (exact) mass is 237 g/mol. The van der Waals surface area contributed by atoms with Crippen LogP contribution in [0.5, 0.6) is 0 Å². The molecule has 1 saturated heterocycles. The summed E-state index contributed by atoms with van der Waals surface area (Å²) < 4.78 is 2.13. The van der Waals surface area contributed by atoms with Gasteiger partial charge >= 0.3 is 0 Å². The third-order valence-electron chi connectivity index (χ3n) is 3.59. The average molecular weight is 237 g/mol.